The van der Waals surface area contributed by atoms with Crippen LogP contribution < -0.4 is 19.7 Å². The van der Waals surface area contributed by atoms with Crippen molar-refractivity contribution in [3.05, 3.63) is 119 Å². The number of carbonyl (C=O) groups excluding carboxylic acids is 4. The zero-order chi connectivity index (χ0) is 44.5. The third kappa shape index (κ3) is 14.7. The van der Waals surface area contributed by atoms with Gasteiger partial charge in [0, 0.05) is 86.8 Å². The predicted octanol–water partition coefficient (Wildman–Crippen LogP) is 7.61. The number of halogens is 3. The minimum Gasteiger partial charge on any atom is -0.497 e. The molecule has 2 saturated heterocycles. The minimum atomic E-state index is -0.612. The molecule has 6 rings (SSSR count). The number of rotatable bonds is 9. The summed E-state index contributed by atoms with van der Waals surface area (Å²) < 4.78 is 47.3. The van der Waals surface area contributed by atoms with Crippen LogP contribution in [0.2, 0.25) is 0 Å². The molecule has 0 bridgehead atoms. The van der Waals surface area contributed by atoms with Gasteiger partial charge in [-0.2, -0.15) is 0 Å². The smallest absolute Gasteiger partial charge is 0.337 e. The Morgan fingerprint density at radius 1 is 0.645 bits per heavy atom. The maximum atomic E-state index is 14.7. The molecular weight excluding hydrogens is 870 g/mol. The van der Waals surface area contributed by atoms with Crippen LogP contribution in [0.5, 0.6) is 11.5 Å². The molecule has 62 heavy (non-hydrogen) atoms. The molecule has 2 heterocycles. The van der Waals surface area contributed by atoms with Crippen molar-refractivity contribution >= 4 is 51.3 Å². The molecule has 2 aliphatic rings. The fraction of sp³-hybridized carbons (Fsp3) is 0.378. The van der Waals surface area contributed by atoms with E-state index < -0.39 is 23.6 Å². The summed E-state index contributed by atoms with van der Waals surface area (Å²) in [6, 6.07) is 22.6. The highest BCUT2D eigenvalue weighted by Gasteiger charge is 2.27. The molecular formula is C45H57BrF2N6O8. The van der Waals surface area contributed by atoms with Crippen molar-refractivity contribution in [1.82, 2.24) is 19.6 Å². The Balaban J connectivity index is 0.000000272. The third-order valence-corrected chi connectivity index (χ3v) is 10.5. The fourth-order valence-electron chi connectivity index (χ4n) is 6.12. The van der Waals surface area contributed by atoms with Crippen LogP contribution in [0.15, 0.2) is 84.9 Å². The van der Waals surface area contributed by atoms with Crippen molar-refractivity contribution in [2.75, 3.05) is 105 Å². The van der Waals surface area contributed by atoms with Crippen molar-refractivity contribution in [2.45, 2.75) is 19.3 Å². The first-order chi connectivity index (χ1) is 29.3. The first kappa shape index (κ1) is 50.6. The van der Waals surface area contributed by atoms with Crippen LogP contribution in [0.25, 0.3) is 0 Å². The summed E-state index contributed by atoms with van der Waals surface area (Å²) in [5.74, 6) is -0.772. The SMILES string of the molecule is C.COC(=O)c1ccc(CBr)c(F)c1.COC(=O)c1ccc(CN(C(=O)N2CCN(C)CC2)c2cccc(OC)c2)c(F)c1.COc1cccc(NC(=O)N2CCN(C)CC2)c1. The lowest BCUT2D eigenvalue weighted by molar-refractivity contribution is 0.0591. The Morgan fingerprint density at radius 3 is 1.61 bits per heavy atom. The summed E-state index contributed by atoms with van der Waals surface area (Å²) in [6.07, 6.45) is 0. The summed E-state index contributed by atoms with van der Waals surface area (Å²) >= 11 is 3.13. The van der Waals surface area contributed by atoms with E-state index in [0.29, 0.717) is 41.0 Å². The molecule has 2 aliphatic heterocycles. The number of hydrogen-bond acceptors (Lipinski definition) is 10. The van der Waals surface area contributed by atoms with E-state index in [0.717, 1.165) is 56.8 Å². The number of esters is 2. The number of methoxy groups -OCH3 is 4. The number of piperazine rings is 2. The van der Waals surface area contributed by atoms with E-state index in [4.69, 9.17) is 9.47 Å². The van der Waals surface area contributed by atoms with E-state index >= 15 is 0 Å². The predicted molar refractivity (Wildman–Crippen MR) is 240 cm³/mol. The van der Waals surface area contributed by atoms with Gasteiger partial charge in [0.05, 0.1) is 46.1 Å². The van der Waals surface area contributed by atoms with Crippen LogP contribution >= 0.6 is 15.9 Å². The van der Waals surface area contributed by atoms with Gasteiger partial charge in [-0.05, 0) is 68.2 Å². The number of ether oxygens (including phenoxy) is 4. The van der Waals surface area contributed by atoms with Crippen LogP contribution in [0.1, 0.15) is 39.3 Å². The monoisotopic (exact) mass is 926 g/mol. The second-order valence-corrected chi connectivity index (χ2v) is 14.6. The number of nitrogens with one attached hydrogen (secondary N) is 1. The highest BCUT2D eigenvalue weighted by atomic mass is 79.9. The van der Waals surface area contributed by atoms with Gasteiger partial charge in [-0.25, -0.2) is 28.0 Å². The molecule has 17 heteroatoms. The summed E-state index contributed by atoms with van der Waals surface area (Å²) in [4.78, 5) is 57.5. The number of benzene rings is 4. The van der Waals surface area contributed by atoms with Gasteiger partial charge in [-0.3, -0.25) is 4.90 Å². The number of hydrogen-bond donors (Lipinski definition) is 1. The molecule has 4 aromatic carbocycles. The zero-order valence-electron chi connectivity index (χ0n) is 35.3. The molecule has 0 saturated carbocycles. The van der Waals surface area contributed by atoms with Gasteiger partial charge in [0.15, 0.2) is 0 Å². The topological polar surface area (TPSA) is 133 Å². The Morgan fingerprint density at radius 2 is 1.13 bits per heavy atom. The number of likely N-dealkylation sites (N-methyl/N-ethyl adjacent to an activating group) is 2. The van der Waals surface area contributed by atoms with Gasteiger partial charge in [0.2, 0.25) is 0 Å². The van der Waals surface area contributed by atoms with E-state index in [2.05, 4.69) is 47.6 Å². The second kappa shape index (κ2) is 25.2. The Hall–Kier alpha value is -5.78. The molecule has 4 amide bonds. The van der Waals surface area contributed by atoms with Gasteiger partial charge in [0.25, 0.3) is 0 Å². The molecule has 4 aromatic rings. The molecule has 14 nitrogen and oxygen atoms in total. The zero-order valence-corrected chi connectivity index (χ0v) is 36.9. The maximum Gasteiger partial charge on any atom is 0.337 e. The first-order valence-electron chi connectivity index (χ1n) is 19.4. The third-order valence-electron chi connectivity index (χ3n) is 9.90. The van der Waals surface area contributed by atoms with Crippen molar-refractivity contribution < 1.29 is 46.9 Å². The second-order valence-electron chi connectivity index (χ2n) is 14.0. The van der Waals surface area contributed by atoms with Gasteiger partial charge >= 0.3 is 24.0 Å². The molecule has 336 valence electrons. The molecule has 0 radical (unpaired) electrons. The Bertz CT molecular complexity index is 2100. The van der Waals surface area contributed by atoms with Crippen molar-refractivity contribution in [3.63, 3.8) is 0 Å². The van der Waals surface area contributed by atoms with Crippen molar-refractivity contribution in [3.8, 4) is 11.5 Å². The largest absolute Gasteiger partial charge is 0.497 e. The lowest BCUT2D eigenvalue weighted by Gasteiger charge is -2.36. The number of anilines is 2. The fourth-order valence-corrected chi connectivity index (χ4v) is 6.58. The lowest BCUT2D eigenvalue weighted by Crippen LogP contribution is -2.52. The lowest BCUT2D eigenvalue weighted by atomic mass is 10.1. The van der Waals surface area contributed by atoms with Gasteiger partial charge in [-0.15, -0.1) is 0 Å². The number of carbonyl (C=O) groups is 4. The van der Waals surface area contributed by atoms with Crippen LogP contribution in [-0.4, -0.2) is 138 Å². The van der Waals surface area contributed by atoms with Crippen LogP contribution in [0.4, 0.5) is 29.7 Å². The van der Waals surface area contributed by atoms with Crippen molar-refractivity contribution in [2.24, 2.45) is 0 Å². The normalized spacial score (nSPS) is 13.8. The van der Waals surface area contributed by atoms with Gasteiger partial charge < -0.3 is 43.9 Å². The van der Waals surface area contributed by atoms with E-state index in [1.807, 2.05) is 36.2 Å². The quantitative estimate of drug-likeness (QED) is 0.132. The molecule has 0 spiro atoms. The Kier molecular flexibility index (Phi) is 20.6. The minimum absolute atomic E-state index is 0. The summed E-state index contributed by atoms with van der Waals surface area (Å²) in [6.45, 7) is 6.15. The standard InChI is InChI=1S/C22H26FN3O4.C13H19N3O2.C9H8BrFO2.CH4/c1-24-9-11-25(12-10-24)22(28)26(18-5-4-6-19(14-18)29-2)15-17-8-7-16(13-20(17)23)21(27)30-3;1-15-6-8-16(9-7-15)13(17)14-11-4-3-5-12(10-11)18-2;1-13-9(12)6-2-3-7(5-10)8(11)4-6;/h4-8,13-14H,9-12,15H2,1-3H3;3-5,10H,6-9H2,1-2H3,(H,14,17);2-4H,5H2,1H3;1H4. The van der Waals surface area contributed by atoms with E-state index in [1.165, 1.54) is 43.4 Å². The van der Waals surface area contributed by atoms with Crippen LogP contribution in [-0.2, 0) is 21.3 Å². The van der Waals surface area contributed by atoms with Gasteiger partial charge in [0.1, 0.15) is 23.1 Å². The number of amides is 4. The molecule has 0 atom stereocenters. The summed E-state index contributed by atoms with van der Waals surface area (Å²) in [7, 11) is 9.75. The van der Waals surface area contributed by atoms with Gasteiger partial charge in [-0.1, -0.05) is 47.6 Å². The molecule has 1 N–H and O–H groups in total. The average molecular weight is 928 g/mol. The van der Waals surface area contributed by atoms with E-state index in [-0.39, 0.29) is 37.2 Å². The molecule has 0 aliphatic carbocycles. The van der Waals surface area contributed by atoms with E-state index in [9.17, 15) is 28.0 Å². The number of nitrogens with zero attached hydrogens (tertiary/aromatic N) is 5. The maximum absolute atomic E-state index is 14.7. The summed E-state index contributed by atoms with van der Waals surface area (Å²) in [5.41, 5.74) is 2.54. The van der Waals surface area contributed by atoms with Crippen LogP contribution in [0, 0.1) is 11.6 Å². The van der Waals surface area contributed by atoms with Crippen molar-refractivity contribution in [1.29, 1.82) is 0 Å². The van der Waals surface area contributed by atoms with Crippen LogP contribution in [0.3, 0.4) is 0 Å². The molecule has 0 aromatic heterocycles. The molecule has 2 fully saturated rings. The number of alkyl halides is 1. The van der Waals surface area contributed by atoms with E-state index in [1.54, 1.807) is 49.5 Å². The summed E-state index contributed by atoms with van der Waals surface area (Å²) in [5, 5.41) is 3.32. The number of urea groups is 2. The first-order valence-corrected chi connectivity index (χ1v) is 20.5. The average Bonchev–Trinajstić information content (AvgIpc) is 3.28. The molecule has 0 unspecified atom stereocenters. The highest BCUT2D eigenvalue weighted by molar-refractivity contribution is 9.08. The Labute approximate surface area is 371 Å². The highest BCUT2D eigenvalue weighted by Crippen LogP contribution is 2.26.